The molecular weight excluding hydrogens is 314 g/mol. The molecule has 0 fully saturated rings. The second kappa shape index (κ2) is 7.66. The topological polar surface area (TPSA) is 67.2 Å². The SMILES string of the molecule is CCc1ccc(NC(C(=O)Nc2cc(C)on2)c2ccccc2)cc1. The molecule has 1 amide bonds. The summed E-state index contributed by atoms with van der Waals surface area (Å²) < 4.78 is 5.01. The molecule has 1 aromatic heterocycles. The zero-order valence-corrected chi connectivity index (χ0v) is 14.3. The van der Waals surface area contributed by atoms with Crippen LogP contribution in [0.2, 0.25) is 0 Å². The van der Waals surface area contributed by atoms with Crippen molar-refractivity contribution in [2.24, 2.45) is 0 Å². The van der Waals surface area contributed by atoms with E-state index in [-0.39, 0.29) is 5.91 Å². The molecule has 25 heavy (non-hydrogen) atoms. The maximum absolute atomic E-state index is 12.8. The molecule has 1 unspecified atom stereocenters. The van der Waals surface area contributed by atoms with Crippen molar-refractivity contribution < 1.29 is 9.32 Å². The zero-order valence-electron chi connectivity index (χ0n) is 14.3. The molecule has 0 saturated carbocycles. The molecule has 3 rings (SSSR count). The number of nitrogens with one attached hydrogen (secondary N) is 2. The summed E-state index contributed by atoms with van der Waals surface area (Å²) in [7, 11) is 0. The van der Waals surface area contributed by atoms with Crippen LogP contribution in [0.15, 0.2) is 65.2 Å². The number of anilines is 2. The average molecular weight is 335 g/mol. The van der Waals surface area contributed by atoms with E-state index >= 15 is 0 Å². The Morgan fingerprint density at radius 1 is 1.12 bits per heavy atom. The van der Waals surface area contributed by atoms with Crippen molar-refractivity contribution in [2.45, 2.75) is 26.3 Å². The van der Waals surface area contributed by atoms with Crippen molar-refractivity contribution in [2.75, 3.05) is 10.6 Å². The molecule has 0 saturated heterocycles. The molecule has 5 heteroatoms. The molecule has 0 aliphatic carbocycles. The van der Waals surface area contributed by atoms with E-state index in [9.17, 15) is 4.79 Å². The van der Waals surface area contributed by atoms with Gasteiger partial charge in [0.1, 0.15) is 11.8 Å². The summed E-state index contributed by atoms with van der Waals surface area (Å²) >= 11 is 0. The van der Waals surface area contributed by atoms with Crippen molar-refractivity contribution >= 4 is 17.4 Å². The molecule has 2 aromatic carbocycles. The average Bonchev–Trinajstić information content (AvgIpc) is 3.05. The number of aryl methyl sites for hydroxylation is 2. The monoisotopic (exact) mass is 335 g/mol. The quantitative estimate of drug-likeness (QED) is 0.703. The fourth-order valence-electron chi connectivity index (χ4n) is 2.57. The van der Waals surface area contributed by atoms with Crippen molar-refractivity contribution in [3.05, 3.63) is 77.6 Å². The second-order valence-corrected chi connectivity index (χ2v) is 5.85. The molecule has 128 valence electrons. The Kier molecular flexibility index (Phi) is 5.14. The number of amides is 1. The third-order valence-electron chi connectivity index (χ3n) is 3.95. The van der Waals surface area contributed by atoms with Crippen LogP contribution < -0.4 is 10.6 Å². The van der Waals surface area contributed by atoms with Crippen LogP contribution in [-0.2, 0) is 11.2 Å². The first-order valence-corrected chi connectivity index (χ1v) is 8.30. The van der Waals surface area contributed by atoms with Gasteiger partial charge in [-0.25, -0.2) is 0 Å². The molecule has 0 aliphatic rings. The number of carbonyl (C=O) groups excluding carboxylic acids is 1. The lowest BCUT2D eigenvalue weighted by Gasteiger charge is -2.19. The van der Waals surface area contributed by atoms with E-state index in [2.05, 4.69) is 34.8 Å². The summed E-state index contributed by atoms with van der Waals surface area (Å²) in [5.74, 6) is 0.861. The number of nitrogens with zero attached hydrogens (tertiary/aromatic N) is 1. The summed E-state index contributed by atoms with van der Waals surface area (Å²) in [6.07, 6.45) is 0.981. The van der Waals surface area contributed by atoms with Crippen LogP contribution in [0, 0.1) is 6.92 Å². The van der Waals surface area contributed by atoms with Gasteiger partial charge in [0, 0.05) is 11.8 Å². The maximum Gasteiger partial charge on any atom is 0.252 e. The van der Waals surface area contributed by atoms with Gasteiger partial charge in [-0.05, 0) is 36.6 Å². The van der Waals surface area contributed by atoms with Gasteiger partial charge in [0.15, 0.2) is 5.82 Å². The molecule has 0 spiro atoms. The Morgan fingerprint density at radius 2 is 1.84 bits per heavy atom. The van der Waals surface area contributed by atoms with Crippen LogP contribution in [-0.4, -0.2) is 11.1 Å². The third-order valence-corrected chi connectivity index (χ3v) is 3.95. The smallest absolute Gasteiger partial charge is 0.252 e. The highest BCUT2D eigenvalue weighted by Gasteiger charge is 2.21. The molecule has 0 bridgehead atoms. The van der Waals surface area contributed by atoms with Gasteiger partial charge >= 0.3 is 0 Å². The van der Waals surface area contributed by atoms with Crippen molar-refractivity contribution in [1.82, 2.24) is 5.16 Å². The Labute approximate surface area is 147 Å². The van der Waals surface area contributed by atoms with E-state index in [1.807, 2.05) is 42.5 Å². The number of hydrogen-bond acceptors (Lipinski definition) is 4. The van der Waals surface area contributed by atoms with E-state index in [0.717, 1.165) is 17.7 Å². The van der Waals surface area contributed by atoms with E-state index in [1.165, 1.54) is 5.56 Å². The van der Waals surface area contributed by atoms with Crippen molar-refractivity contribution in [1.29, 1.82) is 0 Å². The summed E-state index contributed by atoms with van der Waals surface area (Å²) in [5.41, 5.74) is 3.02. The van der Waals surface area contributed by atoms with Gasteiger partial charge < -0.3 is 15.2 Å². The van der Waals surface area contributed by atoms with E-state index in [4.69, 9.17) is 4.52 Å². The molecule has 0 aliphatic heterocycles. The minimum absolute atomic E-state index is 0.195. The van der Waals surface area contributed by atoms with Gasteiger partial charge in [-0.1, -0.05) is 54.5 Å². The Morgan fingerprint density at radius 3 is 2.44 bits per heavy atom. The predicted molar refractivity (Wildman–Crippen MR) is 98.5 cm³/mol. The highest BCUT2D eigenvalue weighted by atomic mass is 16.5. The number of benzene rings is 2. The Bertz CT molecular complexity index is 826. The van der Waals surface area contributed by atoms with Gasteiger partial charge in [-0.2, -0.15) is 0 Å². The fourth-order valence-corrected chi connectivity index (χ4v) is 2.57. The van der Waals surface area contributed by atoms with Crippen LogP contribution in [0.1, 0.15) is 29.9 Å². The van der Waals surface area contributed by atoms with E-state index < -0.39 is 6.04 Å². The van der Waals surface area contributed by atoms with Crippen molar-refractivity contribution in [3.63, 3.8) is 0 Å². The zero-order chi connectivity index (χ0) is 17.6. The first kappa shape index (κ1) is 16.8. The largest absolute Gasteiger partial charge is 0.370 e. The lowest BCUT2D eigenvalue weighted by atomic mass is 10.1. The first-order valence-electron chi connectivity index (χ1n) is 8.30. The van der Waals surface area contributed by atoms with Gasteiger partial charge in [0.2, 0.25) is 0 Å². The van der Waals surface area contributed by atoms with Gasteiger partial charge in [0.25, 0.3) is 5.91 Å². The number of hydrogen-bond donors (Lipinski definition) is 2. The minimum atomic E-state index is -0.536. The minimum Gasteiger partial charge on any atom is -0.370 e. The highest BCUT2D eigenvalue weighted by molar-refractivity contribution is 5.96. The summed E-state index contributed by atoms with van der Waals surface area (Å²) in [6.45, 7) is 3.90. The Hall–Kier alpha value is -3.08. The molecule has 5 nitrogen and oxygen atoms in total. The van der Waals surface area contributed by atoms with Crippen LogP contribution in [0.3, 0.4) is 0 Å². The standard InChI is InChI=1S/C20H21N3O2/c1-3-15-9-11-17(12-10-15)21-19(16-7-5-4-6-8-16)20(24)22-18-13-14(2)25-23-18/h4-13,19,21H,3H2,1-2H3,(H,22,23,24). The Balaban J connectivity index is 1.82. The van der Waals surface area contributed by atoms with Crippen LogP contribution >= 0.6 is 0 Å². The van der Waals surface area contributed by atoms with Gasteiger partial charge in [-0.3, -0.25) is 4.79 Å². The number of carbonyl (C=O) groups is 1. The highest BCUT2D eigenvalue weighted by Crippen LogP contribution is 2.22. The number of rotatable bonds is 6. The lowest BCUT2D eigenvalue weighted by molar-refractivity contribution is -0.117. The summed E-state index contributed by atoms with van der Waals surface area (Å²) in [4.78, 5) is 12.8. The lowest BCUT2D eigenvalue weighted by Crippen LogP contribution is -2.27. The van der Waals surface area contributed by atoms with Crippen molar-refractivity contribution in [3.8, 4) is 0 Å². The normalized spacial score (nSPS) is 11.8. The predicted octanol–water partition coefficient (Wildman–Crippen LogP) is 4.34. The summed E-state index contributed by atoms with van der Waals surface area (Å²) in [6, 6.07) is 18.8. The summed E-state index contributed by atoms with van der Waals surface area (Å²) in [5, 5.41) is 9.93. The van der Waals surface area contributed by atoms with E-state index in [1.54, 1.807) is 13.0 Å². The molecule has 3 aromatic rings. The third kappa shape index (κ3) is 4.26. The van der Waals surface area contributed by atoms with Crippen LogP contribution in [0.25, 0.3) is 0 Å². The second-order valence-electron chi connectivity index (χ2n) is 5.85. The van der Waals surface area contributed by atoms with Gasteiger partial charge in [0.05, 0.1) is 0 Å². The van der Waals surface area contributed by atoms with Crippen LogP contribution in [0.4, 0.5) is 11.5 Å². The van der Waals surface area contributed by atoms with Crippen LogP contribution in [0.5, 0.6) is 0 Å². The van der Waals surface area contributed by atoms with Gasteiger partial charge in [-0.15, -0.1) is 0 Å². The fraction of sp³-hybridized carbons (Fsp3) is 0.200. The molecular formula is C20H21N3O2. The number of aromatic nitrogens is 1. The molecule has 1 heterocycles. The molecule has 2 N–H and O–H groups in total. The molecule has 0 radical (unpaired) electrons. The molecule has 1 atom stereocenters. The maximum atomic E-state index is 12.8. The van der Waals surface area contributed by atoms with E-state index in [0.29, 0.717) is 11.6 Å². The first-order chi connectivity index (χ1) is 12.2.